The Bertz CT molecular complexity index is 520. The summed E-state index contributed by atoms with van der Waals surface area (Å²) in [6.45, 7) is 6.49. The first-order chi connectivity index (χ1) is 12.2. The molecule has 0 saturated carbocycles. The van der Waals surface area contributed by atoms with Crippen LogP contribution in [0.4, 0.5) is 0 Å². The highest BCUT2D eigenvalue weighted by Crippen LogP contribution is 2.27. The van der Waals surface area contributed by atoms with Gasteiger partial charge in [-0.25, -0.2) is 0 Å². The van der Waals surface area contributed by atoms with Crippen LogP contribution in [0.3, 0.4) is 0 Å². The number of nitrogens with zero attached hydrogens (tertiary/aromatic N) is 2. The molecule has 0 aromatic heterocycles. The topological polar surface area (TPSA) is 54.0 Å². The number of rotatable bonds is 9. The minimum Gasteiger partial charge on any atom is -0.496 e. The Morgan fingerprint density at radius 2 is 1.68 bits per heavy atom. The van der Waals surface area contributed by atoms with Crippen LogP contribution in [0.2, 0.25) is 0 Å². The molecule has 0 aliphatic carbocycles. The van der Waals surface area contributed by atoms with Crippen molar-refractivity contribution in [3.05, 3.63) is 23.8 Å². The summed E-state index contributed by atoms with van der Waals surface area (Å²) >= 11 is 0. The lowest BCUT2D eigenvalue weighted by molar-refractivity contribution is 0.0946. The predicted molar refractivity (Wildman–Crippen MR) is 99.7 cm³/mol. The van der Waals surface area contributed by atoms with Crippen LogP contribution in [0.5, 0.6) is 11.5 Å². The van der Waals surface area contributed by atoms with Crippen LogP contribution in [-0.2, 0) is 0 Å². The van der Waals surface area contributed by atoms with Gasteiger partial charge in [-0.15, -0.1) is 0 Å². The normalized spacial score (nSPS) is 15.8. The third kappa shape index (κ3) is 5.90. The largest absolute Gasteiger partial charge is 0.496 e. The van der Waals surface area contributed by atoms with E-state index in [1.54, 1.807) is 26.4 Å². The van der Waals surface area contributed by atoms with Crippen molar-refractivity contribution in [2.24, 2.45) is 0 Å². The van der Waals surface area contributed by atoms with Gasteiger partial charge >= 0.3 is 0 Å². The zero-order valence-electron chi connectivity index (χ0n) is 15.7. The van der Waals surface area contributed by atoms with Gasteiger partial charge in [0.2, 0.25) is 0 Å². The summed E-state index contributed by atoms with van der Waals surface area (Å²) in [4.78, 5) is 17.3. The maximum absolute atomic E-state index is 12.4. The lowest BCUT2D eigenvalue weighted by atomic mass is 10.1. The fraction of sp³-hybridized carbons (Fsp3) is 0.632. The third-order valence-electron chi connectivity index (χ3n) is 4.69. The van der Waals surface area contributed by atoms with Gasteiger partial charge < -0.3 is 24.6 Å². The van der Waals surface area contributed by atoms with E-state index in [0.29, 0.717) is 23.6 Å². The fourth-order valence-corrected chi connectivity index (χ4v) is 3.07. The number of benzene rings is 1. The van der Waals surface area contributed by atoms with Gasteiger partial charge in [0.05, 0.1) is 14.2 Å². The Kier molecular flexibility index (Phi) is 8.01. The van der Waals surface area contributed by atoms with E-state index in [0.717, 1.165) is 32.5 Å². The zero-order valence-corrected chi connectivity index (χ0v) is 15.7. The number of ether oxygens (including phenoxy) is 2. The summed E-state index contributed by atoms with van der Waals surface area (Å²) < 4.78 is 10.6. The molecule has 1 aromatic rings. The quantitative estimate of drug-likeness (QED) is 0.690. The Hall–Kier alpha value is -1.79. The number of unbranched alkanes of at least 4 members (excludes halogenated alkanes) is 2. The Morgan fingerprint density at radius 1 is 1.04 bits per heavy atom. The van der Waals surface area contributed by atoms with Crippen molar-refractivity contribution < 1.29 is 14.3 Å². The minimum atomic E-state index is -0.145. The summed E-state index contributed by atoms with van der Waals surface area (Å²) in [6.07, 6.45) is 3.28. The molecule has 1 heterocycles. The second-order valence-electron chi connectivity index (χ2n) is 6.50. The number of hydrogen-bond acceptors (Lipinski definition) is 5. The van der Waals surface area contributed by atoms with Gasteiger partial charge in [-0.3, -0.25) is 4.79 Å². The maximum Gasteiger partial charge on any atom is 0.258 e. The molecule has 1 aliphatic heterocycles. The molecule has 0 atom stereocenters. The van der Waals surface area contributed by atoms with Gasteiger partial charge in [-0.2, -0.15) is 0 Å². The van der Waals surface area contributed by atoms with Crippen LogP contribution in [0.25, 0.3) is 0 Å². The van der Waals surface area contributed by atoms with E-state index >= 15 is 0 Å². The van der Waals surface area contributed by atoms with Crippen molar-refractivity contribution in [3.8, 4) is 11.5 Å². The van der Waals surface area contributed by atoms with Gasteiger partial charge in [-0.1, -0.05) is 12.5 Å². The molecule has 1 N–H and O–H groups in total. The van der Waals surface area contributed by atoms with Crippen LogP contribution in [0, 0.1) is 0 Å². The lowest BCUT2D eigenvalue weighted by Crippen LogP contribution is -2.44. The summed E-state index contributed by atoms with van der Waals surface area (Å²) in [7, 11) is 5.30. The second kappa shape index (κ2) is 10.3. The summed E-state index contributed by atoms with van der Waals surface area (Å²) in [5.41, 5.74) is 0.463. The molecule has 6 heteroatoms. The number of methoxy groups -OCH3 is 2. The summed E-state index contributed by atoms with van der Waals surface area (Å²) in [6, 6.07) is 5.35. The summed E-state index contributed by atoms with van der Waals surface area (Å²) in [5, 5.41) is 2.97. The lowest BCUT2D eigenvalue weighted by Gasteiger charge is -2.32. The SMILES string of the molecule is COc1cccc(OC)c1C(=O)NCCCCCN1CCN(C)CC1. The van der Waals surface area contributed by atoms with Crippen LogP contribution < -0.4 is 14.8 Å². The van der Waals surface area contributed by atoms with E-state index in [1.165, 1.54) is 19.5 Å². The number of amides is 1. The molecule has 1 amide bonds. The molecular formula is C19H31N3O3. The molecule has 25 heavy (non-hydrogen) atoms. The molecule has 0 radical (unpaired) electrons. The van der Waals surface area contributed by atoms with Gasteiger partial charge in [0.25, 0.3) is 5.91 Å². The van der Waals surface area contributed by atoms with Crippen molar-refractivity contribution in [2.45, 2.75) is 19.3 Å². The smallest absolute Gasteiger partial charge is 0.258 e. The number of likely N-dealkylation sites (N-methyl/N-ethyl adjacent to an activating group) is 1. The van der Waals surface area contributed by atoms with Crippen molar-refractivity contribution in [2.75, 3.05) is 60.5 Å². The van der Waals surface area contributed by atoms with E-state index in [-0.39, 0.29) is 5.91 Å². The first-order valence-electron chi connectivity index (χ1n) is 9.05. The Labute approximate surface area is 151 Å². The number of nitrogens with one attached hydrogen (secondary N) is 1. The number of carbonyl (C=O) groups excluding carboxylic acids is 1. The highest BCUT2D eigenvalue weighted by molar-refractivity contribution is 5.99. The van der Waals surface area contributed by atoms with Gasteiger partial charge in [-0.05, 0) is 38.6 Å². The minimum absolute atomic E-state index is 0.145. The van der Waals surface area contributed by atoms with Crippen LogP contribution in [0.15, 0.2) is 18.2 Å². The Balaban J connectivity index is 1.67. The molecule has 1 aromatic carbocycles. The van der Waals surface area contributed by atoms with Gasteiger partial charge in [0, 0.05) is 32.7 Å². The van der Waals surface area contributed by atoms with Gasteiger partial charge in [0.15, 0.2) is 0 Å². The maximum atomic E-state index is 12.4. The van der Waals surface area contributed by atoms with E-state index in [1.807, 2.05) is 6.07 Å². The standard InChI is InChI=1S/C19H31N3O3/c1-21-12-14-22(15-13-21)11-6-4-5-10-20-19(23)18-16(24-2)8-7-9-17(18)25-3/h7-9H,4-6,10-15H2,1-3H3,(H,20,23). The number of piperazine rings is 1. The third-order valence-corrected chi connectivity index (χ3v) is 4.69. The van der Waals surface area contributed by atoms with Crippen LogP contribution >= 0.6 is 0 Å². The van der Waals surface area contributed by atoms with E-state index < -0.39 is 0 Å². The predicted octanol–water partition coefficient (Wildman–Crippen LogP) is 1.85. The highest BCUT2D eigenvalue weighted by atomic mass is 16.5. The molecule has 0 spiro atoms. The molecular weight excluding hydrogens is 318 g/mol. The molecule has 0 unspecified atom stereocenters. The molecule has 1 saturated heterocycles. The average molecular weight is 349 g/mol. The molecule has 6 nitrogen and oxygen atoms in total. The zero-order chi connectivity index (χ0) is 18.1. The van der Waals surface area contributed by atoms with Crippen LogP contribution in [0.1, 0.15) is 29.6 Å². The molecule has 0 bridgehead atoms. The van der Waals surface area contributed by atoms with Crippen LogP contribution in [-0.4, -0.2) is 76.2 Å². The fourth-order valence-electron chi connectivity index (χ4n) is 3.07. The van der Waals surface area contributed by atoms with Crippen molar-refractivity contribution in [1.82, 2.24) is 15.1 Å². The number of hydrogen-bond donors (Lipinski definition) is 1. The van der Waals surface area contributed by atoms with Crippen molar-refractivity contribution in [3.63, 3.8) is 0 Å². The molecule has 1 aliphatic rings. The van der Waals surface area contributed by atoms with Crippen molar-refractivity contribution >= 4 is 5.91 Å². The van der Waals surface area contributed by atoms with E-state index in [2.05, 4.69) is 22.2 Å². The van der Waals surface area contributed by atoms with E-state index in [9.17, 15) is 4.79 Å². The van der Waals surface area contributed by atoms with E-state index in [4.69, 9.17) is 9.47 Å². The second-order valence-corrected chi connectivity index (χ2v) is 6.50. The summed E-state index contributed by atoms with van der Waals surface area (Å²) in [5.74, 6) is 0.923. The molecule has 2 rings (SSSR count). The van der Waals surface area contributed by atoms with Crippen molar-refractivity contribution in [1.29, 1.82) is 0 Å². The monoisotopic (exact) mass is 349 g/mol. The number of carbonyl (C=O) groups is 1. The van der Waals surface area contributed by atoms with Gasteiger partial charge in [0.1, 0.15) is 17.1 Å². The molecule has 140 valence electrons. The first-order valence-corrected chi connectivity index (χ1v) is 9.05. The Morgan fingerprint density at radius 3 is 2.28 bits per heavy atom. The average Bonchev–Trinajstić information content (AvgIpc) is 2.65. The highest BCUT2D eigenvalue weighted by Gasteiger charge is 2.17. The molecule has 1 fully saturated rings. The first kappa shape index (κ1) is 19.5.